The number of piperidine rings is 1. The first kappa shape index (κ1) is 16.3. The zero-order chi connectivity index (χ0) is 15.9. The summed E-state index contributed by atoms with van der Waals surface area (Å²) in [4.78, 5) is 26.1. The first-order chi connectivity index (χ1) is 10.6. The number of hydrogen-bond donors (Lipinski definition) is 1. The van der Waals surface area contributed by atoms with Crippen molar-refractivity contribution in [3.05, 3.63) is 29.8 Å². The van der Waals surface area contributed by atoms with Gasteiger partial charge in [0.15, 0.2) is 0 Å². The van der Waals surface area contributed by atoms with Gasteiger partial charge >= 0.3 is 0 Å². The van der Waals surface area contributed by atoms with Crippen LogP contribution < -0.4 is 10.1 Å². The maximum atomic E-state index is 12.2. The van der Waals surface area contributed by atoms with Gasteiger partial charge < -0.3 is 15.0 Å². The van der Waals surface area contributed by atoms with E-state index in [0.29, 0.717) is 12.2 Å². The van der Waals surface area contributed by atoms with E-state index in [9.17, 15) is 9.59 Å². The van der Waals surface area contributed by atoms with E-state index in [0.717, 1.165) is 25.1 Å². The van der Waals surface area contributed by atoms with E-state index in [-0.39, 0.29) is 24.4 Å². The van der Waals surface area contributed by atoms with Gasteiger partial charge in [0, 0.05) is 18.2 Å². The van der Waals surface area contributed by atoms with Gasteiger partial charge in [-0.25, -0.2) is 0 Å². The highest BCUT2D eigenvalue weighted by atomic mass is 16.5. The van der Waals surface area contributed by atoms with Crippen LogP contribution >= 0.6 is 0 Å². The Morgan fingerprint density at radius 1 is 1.27 bits per heavy atom. The van der Waals surface area contributed by atoms with Crippen LogP contribution in [0, 0.1) is 0 Å². The number of nitrogens with one attached hydrogen (secondary N) is 1. The van der Waals surface area contributed by atoms with Crippen molar-refractivity contribution in [2.45, 2.75) is 39.2 Å². The zero-order valence-corrected chi connectivity index (χ0v) is 13.3. The molecule has 1 N–H and O–H groups in total. The Balaban J connectivity index is 1.85. The summed E-state index contributed by atoms with van der Waals surface area (Å²) in [6.07, 6.45) is 3.25. The van der Waals surface area contributed by atoms with Crippen molar-refractivity contribution in [3.63, 3.8) is 0 Å². The molecule has 2 amide bonds. The molecule has 0 aliphatic carbocycles. The van der Waals surface area contributed by atoms with Gasteiger partial charge in [0.05, 0.1) is 13.2 Å². The minimum absolute atomic E-state index is 0.00788. The summed E-state index contributed by atoms with van der Waals surface area (Å²) in [5.41, 5.74) is 0.531. The molecule has 1 heterocycles. The van der Waals surface area contributed by atoms with Gasteiger partial charge in [-0.2, -0.15) is 0 Å². The number of amides is 2. The average Bonchev–Trinajstić information content (AvgIpc) is 2.54. The number of likely N-dealkylation sites (tertiary alicyclic amines) is 1. The van der Waals surface area contributed by atoms with E-state index in [1.54, 1.807) is 24.3 Å². The molecule has 1 aliphatic rings. The van der Waals surface area contributed by atoms with Gasteiger partial charge in [0.25, 0.3) is 5.91 Å². The maximum absolute atomic E-state index is 12.2. The smallest absolute Gasteiger partial charge is 0.251 e. The largest absolute Gasteiger partial charge is 0.494 e. The third-order valence-corrected chi connectivity index (χ3v) is 3.95. The SMILES string of the molecule is CCOc1ccc(C(=O)NCC(=O)N2CCCCC2C)cc1. The lowest BCUT2D eigenvalue weighted by Gasteiger charge is -2.33. The Hall–Kier alpha value is -2.04. The molecule has 0 aromatic heterocycles. The van der Waals surface area contributed by atoms with Crippen LogP contribution in [0.1, 0.15) is 43.5 Å². The topological polar surface area (TPSA) is 58.6 Å². The second kappa shape index (κ2) is 7.82. The van der Waals surface area contributed by atoms with Gasteiger partial charge in [0.1, 0.15) is 5.75 Å². The van der Waals surface area contributed by atoms with Crippen LogP contribution in [0.4, 0.5) is 0 Å². The molecule has 5 nitrogen and oxygen atoms in total. The number of hydrogen-bond acceptors (Lipinski definition) is 3. The summed E-state index contributed by atoms with van der Waals surface area (Å²) in [6.45, 7) is 5.41. The molecule has 1 unspecified atom stereocenters. The third-order valence-electron chi connectivity index (χ3n) is 3.95. The Bertz CT molecular complexity index is 513. The number of carbonyl (C=O) groups is 2. The van der Waals surface area contributed by atoms with E-state index < -0.39 is 0 Å². The quantitative estimate of drug-likeness (QED) is 0.907. The average molecular weight is 304 g/mol. The summed E-state index contributed by atoms with van der Waals surface area (Å²) < 4.78 is 5.34. The first-order valence-corrected chi connectivity index (χ1v) is 7.92. The van der Waals surface area contributed by atoms with Gasteiger partial charge in [0.2, 0.25) is 5.91 Å². The number of carbonyl (C=O) groups excluding carboxylic acids is 2. The van der Waals surface area contributed by atoms with Gasteiger partial charge in [-0.15, -0.1) is 0 Å². The van der Waals surface area contributed by atoms with Crippen molar-refractivity contribution >= 4 is 11.8 Å². The molecule has 120 valence electrons. The van der Waals surface area contributed by atoms with Crippen LogP contribution in [0.2, 0.25) is 0 Å². The monoisotopic (exact) mass is 304 g/mol. The number of nitrogens with zero attached hydrogens (tertiary/aromatic N) is 1. The molecule has 1 aliphatic heterocycles. The highest BCUT2D eigenvalue weighted by molar-refractivity contribution is 5.96. The molecule has 0 radical (unpaired) electrons. The Morgan fingerprint density at radius 3 is 2.64 bits per heavy atom. The number of rotatable bonds is 5. The molecule has 1 saturated heterocycles. The van der Waals surface area contributed by atoms with Crippen molar-refractivity contribution in [2.24, 2.45) is 0 Å². The summed E-state index contributed by atoms with van der Waals surface area (Å²) >= 11 is 0. The Morgan fingerprint density at radius 2 is 2.00 bits per heavy atom. The molecule has 2 rings (SSSR count). The van der Waals surface area contributed by atoms with Gasteiger partial charge in [-0.3, -0.25) is 9.59 Å². The summed E-state index contributed by atoms with van der Waals surface area (Å²) in [6, 6.07) is 7.19. The molecule has 0 bridgehead atoms. The summed E-state index contributed by atoms with van der Waals surface area (Å²) in [5.74, 6) is 0.491. The second-order valence-corrected chi connectivity index (χ2v) is 5.57. The predicted molar refractivity (Wildman–Crippen MR) is 85.0 cm³/mol. The number of ether oxygens (including phenoxy) is 1. The molecular formula is C17H24N2O3. The lowest BCUT2D eigenvalue weighted by Crippen LogP contribution is -2.46. The fraction of sp³-hybridized carbons (Fsp3) is 0.529. The van der Waals surface area contributed by atoms with Crippen molar-refractivity contribution in [2.75, 3.05) is 19.7 Å². The predicted octanol–water partition coefficient (Wildman–Crippen LogP) is 2.22. The molecule has 5 heteroatoms. The van der Waals surface area contributed by atoms with Crippen molar-refractivity contribution in [1.82, 2.24) is 10.2 Å². The highest BCUT2D eigenvalue weighted by Gasteiger charge is 2.23. The third kappa shape index (κ3) is 4.23. The molecule has 1 fully saturated rings. The van der Waals surface area contributed by atoms with E-state index in [1.807, 2.05) is 11.8 Å². The van der Waals surface area contributed by atoms with Crippen LogP contribution in [0.5, 0.6) is 5.75 Å². The molecule has 0 saturated carbocycles. The van der Waals surface area contributed by atoms with Crippen LogP contribution in [0.25, 0.3) is 0 Å². The zero-order valence-electron chi connectivity index (χ0n) is 13.3. The molecule has 1 atom stereocenters. The van der Waals surface area contributed by atoms with E-state index in [1.165, 1.54) is 6.42 Å². The Labute approximate surface area is 131 Å². The lowest BCUT2D eigenvalue weighted by molar-refractivity contribution is -0.133. The van der Waals surface area contributed by atoms with Crippen LogP contribution in [-0.4, -0.2) is 42.5 Å². The molecule has 1 aromatic carbocycles. The highest BCUT2D eigenvalue weighted by Crippen LogP contribution is 2.16. The van der Waals surface area contributed by atoms with Gasteiger partial charge in [-0.05, 0) is 57.4 Å². The minimum atomic E-state index is -0.235. The van der Waals surface area contributed by atoms with E-state index in [4.69, 9.17) is 4.74 Å². The van der Waals surface area contributed by atoms with Crippen molar-refractivity contribution in [3.8, 4) is 5.75 Å². The van der Waals surface area contributed by atoms with Crippen LogP contribution in [0.3, 0.4) is 0 Å². The number of benzene rings is 1. The van der Waals surface area contributed by atoms with E-state index >= 15 is 0 Å². The molecular weight excluding hydrogens is 280 g/mol. The van der Waals surface area contributed by atoms with Gasteiger partial charge in [-0.1, -0.05) is 0 Å². The first-order valence-electron chi connectivity index (χ1n) is 7.92. The molecule has 1 aromatic rings. The second-order valence-electron chi connectivity index (χ2n) is 5.57. The Kier molecular flexibility index (Phi) is 5.81. The normalized spacial score (nSPS) is 17.9. The van der Waals surface area contributed by atoms with Crippen LogP contribution in [-0.2, 0) is 4.79 Å². The van der Waals surface area contributed by atoms with E-state index in [2.05, 4.69) is 12.2 Å². The molecule has 22 heavy (non-hydrogen) atoms. The van der Waals surface area contributed by atoms with Crippen molar-refractivity contribution < 1.29 is 14.3 Å². The summed E-state index contributed by atoms with van der Waals surface area (Å²) in [5, 5.41) is 2.70. The standard InChI is InChI=1S/C17H24N2O3/c1-3-22-15-9-7-14(8-10-15)17(21)18-12-16(20)19-11-5-4-6-13(19)2/h7-10,13H,3-6,11-12H2,1-2H3,(H,18,21). The molecule has 0 spiro atoms. The summed E-state index contributed by atoms with van der Waals surface area (Å²) in [7, 11) is 0. The lowest BCUT2D eigenvalue weighted by atomic mass is 10.0. The fourth-order valence-corrected chi connectivity index (χ4v) is 2.70. The van der Waals surface area contributed by atoms with Crippen LogP contribution in [0.15, 0.2) is 24.3 Å². The van der Waals surface area contributed by atoms with Crippen molar-refractivity contribution in [1.29, 1.82) is 0 Å². The fourth-order valence-electron chi connectivity index (χ4n) is 2.70. The minimum Gasteiger partial charge on any atom is -0.494 e. The maximum Gasteiger partial charge on any atom is 0.251 e.